The SMILES string of the molecule is CCCC(COc1cc(Br)cc([N+](=O)[O-])c1)CS(N)(=O)=O. The highest BCUT2D eigenvalue weighted by Gasteiger charge is 2.17. The molecule has 1 unspecified atom stereocenters. The number of rotatable bonds is 8. The molecule has 0 aliphatic heterocycles. The molecule has 0 amide bonds. The lowest BCUT2D eigenvalue weighted by Crippen LogP contribution is -2.27. The van der Waals surface area contributed by atoms with Crippen LogP contribution < -0.4 is 9.88 Å². The minimum absolute atomic E-state index is 0.0992. The molecule has 118 valence electrons. The highest BCUT2D eigenvalue weighted by atomic mass is 79.9. The highest BCUT2D eigenvalue weighted by Crippen LogP contribution is 2.26. The summed E-state index contributed by atoms with van der Waals surface area (Å²) in [7, 11) is -3.58. The van der Waals surface area contributed by atoms with Crippen LogP contribution in [0.25, 0.3) is 0 Å². The number of hydrogen-bond donors (Lipinski definition) is 1. The first-order chi connectivity index (χ1) is 9.71. The summed E-state index contributed by atoms with van der Waals surface area (Å²) in [6, 6.07) is 4.25. The molecule has 0 fully saturated rings. The molecule has 9 heteroatoms. The lowest BCUT2D eigenvalue weighted by atomic mass is 10.1. The van der Waals surface area contributed by atoms with Crippen molar-refractivity contribution in [2.75, 3.05) is 12.4 Å². The van der Waals surface area contributed by atoms with Gasteiger partial charge in [0, 0.05) is 16.5 Å². The van der Waals surface area contributed by atoms with Crippen molar-refractivity contribution >= 4 is 31.6 Å². The van der Waals surface area contributed by atoms with Crippen LogP contribution in [0.5, 0.6) is 5.75 Å². The topological polar surface area (TPSA) is 113 Å². The Balaban J connectivity index is 2.77. The van der Waals surface area contributed by atoms with Crippen LogP contribution in [0.15, 0.2) is 22.7 Å². The van der Waals surface area contributed by atoms with Crippen molar-refractivity contribution in [1.82, 2.24) is 0 Å². The fourth-order valence-corrected chi connectivity index (χ4v) is 3.28. The number of sulfonamides is 1. The van der Waals surface area contributed by atoms with Gasteiger partial charge in [-0.1, -0.05) is 29.3 Å². The molecule has 7 nitrogen and oxygen atoms in total. The van der Waals surface area contributed by atoms with Crippen molar-refractivity contribution in [1.29, 1.82) is 0 Å². The van der Waals surface area contributed by atoms with Crippen LogP contribution in [-0.2, 0) is 10.0 Å². The van der Waals surface area contributed by atoms with E-state index in [0.717, 1.165) is 6.42 Å². The third-order valence-corrected chi connectivity index (χ3v) is 4.11. The van der Waals surface area contributed by atoms with Crippen molar-refractivity contribution < 1.29 is 18.1 Å². The van der Waals surface area contributed by atoms with Gasteiger partial charge < -0.3 is 4.74 Å². The van der Waals surface area contributed by atoms with E-state index in [2.05, 4.69) is 15.9 Å². The summed E-state index contributed by atoms with van der Waals surface area (Å²) in [5.74, 6) is -0.105. The van der Waals surface area contributed by atoms with Gasteiger partial charge in [0.05, 0.1) is 23.3 Å². The maximum Gasteiger partial charge on any atom is 0.274 e. The number of nitrogens with two attached hydrogens (primary N) is 1. The summed E-state index contributed by atoms with van der Waals surface area (Å²) in [4.78, 5) is 10.2. The Morgan fingerprint density at radius 3 is 2.62 bits per heavy atom. The summed E-state index contributed by atoms with van der Waals surface area (Å²) >= 11 is 3.17. The van der Waals surface area contributed by atoms with Gasteiger partial charge in [-0.05, 0) is 12.5 Å². The van der Waals surface area contributed by atoms with Crippen molar-refractivity contribution in [3.05, 3.63) is 32.8 Å². The quantitative estimate of drug-likeness (QED) is 0.549. The van der Waals surface area contributed by atoms with Gasteiger partial charge in [-0.15, -0.1) is 0 Å². The molecule has 1 atom stereocenters. The molecular formula is C12H17BrN2O5S. The van der Waals surface area contributed by atoms with E-state index in [1.807, 2.05) is 6.92 Å². The van der Waals surface area contributed by atoms with E-state index in [-0.39, 0.29) is 24.0 Å². The first kappa shape index (κ1) is 17.9. The molecule has 2 N–H and O–H groups in total. The lowest BCUT2D eigenvalue weighted by Gasteiger charge is -2.16. The van der Waals surface area contributed by atoms with Crippen LogP contribution in [0.2, 0.25) is 0 Å². The number of benzene rings is 1. The van der Waals surface area contributed by atoms with Gasteiger partial charge in [0.25, 0.3) is 5.69 Å². The number of halogens is 1. The van der Waals surface area contributed by atoms with E-state index in [0.29, 0.717) is 16.6 Å². The average molecular weight is 381 g/mol. The van der Waals surface area contributed by atoms with Crippen molar-refractivity contribution in [2.24, 2.45) is 11.1 Å². The van der Waals surface area contributed by atoms with E-state index in [9.17, 15) is 18.5 Å². The van der Waals surface area contributed by atoms with Gasteiger partial charge in [-0.25, -0.2) is 13.6 Å². The number of nitro benzene ring substituents is 1. The van der Waals surface area contributed by atoms with Crippen LogP contribution >= 0.6 is 15.9 Å². The van der Waals surface area contributed by atoms with Crippen molar-refractivity contribution in [3.8, 4) is 5.75 Å². The molecule has 1 rings (SSSR count). The van der Waals surface area contributed by atoms with E-state index in [1.54, 1.807) is 6.07 Å². The molecule has 0 saturated carbocycles. The first-order valence-corrected chi connectivity index (χ1v) is 8.80. The molecule has 1 aromatic carbocycles. The number of non-ortho nitro benzene ring substituents is 1. The predicted molar refractivity (Wildman–Crippen MR) is 82.7 cm³/mol. The van der Waals surface area contributed by atoms with E-state index in [1.165, 1.54) is 12.1 Å². The van der Waals surface area contributed by atoms with Gasteiger partial charge in [-0.3, -0.25) is 10.1 Å². The maximum atomic E-state index is 11.2. The van der Waals surface area contributed by atoms with Gasteiger partial charge in [0.1, 0.15) is 5.75 Å². The van der Waals surface area contributed by atoms with Crippen molar-refractivity contribution in [2.45, 2.75) is 19.8 Å². The minimum atomic E-state index is -3.58. The van der Waals surface area contributed by atoms with E-state index >= 15 is 0 Å². The van der Waals surface area contributed by atoms with Gasteiger partial charge in [-0.2, -0.15) is 0 Å². The Hall–Kier alpha value is -1.19. The molecule has 0 saturated heterocycles. The Bertz CT molecular complexity index is 606. The number of primary sulfonamides is 1. The zero-order valence-corrected chi connectivity index (χ0v) is 13.9. The first-order valence-electron chi connectivity index (χ1n) is 6.29. The Morgan fingerprint density at radius 1 is 1.43 bits per heavy atom. The maximum absolute atomic E-state index is 11.2. The zero-order chi connectivity index (χ0) is 16.0. The molecular weight excluding hydrogens is 364 g/mol. The van der Waals surface area contributed by atoms with Crippen LogP contribution in [0.4, 0.5) is 5.69 Å². The van der Waals surface area contributed by atoms with Crippen LogP contribution in [0, 0.1) is 16.0 Å². The molecule has 0 heterocycles. The normalized spacial score (nSPS) is 12.9. The lowest BCUT2D eigenvalue weighted by molar-refractivity contribution is -0.385. The molecule has 0 radical (unpaired) electrons. The summed E-state index contributed by atoms with van der Waals surface area (Å²) in [6.07, 6.45) is 1.44. The third-order valence-electron chi connectivity index (χ3n) is 2.72. The number of nitro groups is 1. The molecule has 0 aliphatic carbocycles. The summed E-state index contributed by atoms with van der Waals surface area (Å²) in [6.45, 7) is 2.07. The second kappa shape index (κ2) is 7.71. The second-order valence-corrected chi connectivity index (χ2v) is 7.27. The van der Waals surface area contributed by atoms with Crippen molar-refractivity contribution in [3.63, 3.8) is 0 Å². The molecule has 0 bridgehead atoms. The number of nitrogens with zero attached hydrogens (tertiary/aromatic N) is 1. The summed E-state index contributed by atoms with van der Waals surface area (Å²) in [5.41, 5.74) is -0.0992. The third kappa shape index (κ3) is 6.87. The van der Waals surface area contributed by atoms with Gasteiger partial charge in [0.15, 0.2) is 0 Å². The van der Waals surface area contributed by atoms with Crippen LogP contribution in [0.1, 0.15) is 19.8 Å². The fraction of sp³-hybridized carbons (Fsp3) is 0.500. The number of hydrogen-bond acceptors (Lipinski definition) is 5. The Kier molecular flexibility index (Phi) is 6.56. The zero-order valence-electron chi connectivity index (χ0n) is 11.5. The van der Waals surface area contributed by atoms with E-state index in [4.69, 9.17) is 9.88 Å². The molecule has 0 spiro atoms. The smallest absolute Gasteiger partial charge is 0.274 e. The minimum Gasteiger partial charge on any atom is -0.493 e. The fourth-order valence-electron chi connectivity index (χ4n) is 1.90. The number of ether oxygens (including phenoxy) is 1. The van der Waals surface area contributed by atoms with E-state index < -0.39 is 14.9 Å². The second-order valence-electron chi connectivity index (χ2n) is 4.70. The van der Waals surface area contributed by atoms with Gasteiger partial charge >= 0.3 is 0 Å². The standard InChI is InChI=1S/C12H17BrN2O5S/c1-2-3-9(8-21(14,18)19)7-20-12-5-10(13)4-11(6-12)15(16)17/h4-6,9H,2-3,7-8H2,1H3,(H2,14,18,19). The summed E-state index contributed by atoms with van der Waals surface area (Å²) < 4.78 is 28.3. The Morgan fingerprint density at radius 2 is 2.10 bits per heavy atom. The van der Waals surface area contributed by atoms with Crippen LogP contribution in [0.3, 0.4) is 0 Å². The average Bonchev–Trinajstić information content (AvgIpc) is 2.34. The predicted octanol–water partition coefficient (Wildman–Crippen LogP) is 2.44. The summed E-state index contributed by atoms with van der Waals surface area (Å²) in [5, 5.41) is 15.8. The molecule has 0 aromatic heterocycles. The highest BCUT2D eigenvalue weighted by molar-refractivity contribution is 9.10. The molecule has 21 heavy (non-hydrogen) atoms. The van der Waals surface area contributed by atoms with Crippen LogP contribution in [-0.4, -0.2) is 25.7 Å². The largest absolute Gasteiger partial charge is 0.493 e. The monoisotopic (exact) mass is 380 g/mol. The van der Waals surface area contributed by atoms with Gasteiger partial charge in [0.2, 0.25) is 10.0 Å². The molecule has 0 aliphatic rings. The Labute approximate surface area is 131 Å². The molecule has 1 aromatic rings.